The fourth-order valence-corrected chi connectivity index (χ4v) is 3.79. The van der Waals surface area contributed by atoms with Gasteiger partial charge in [-0.3, -0.25) is 0 Å². The highest BCUT2D eigenvalue weighted by atomic mass is 28.1. The Morgan fingerprint density at radius 3 is 1.76 bits per heavy atom. The number of hydrogen-bond donors (Lipinski definition) is 0. The van der Waals surface area contributed by atoms with E-state index in [1.54, 1.807) is 0 Å². The molecule has 2 aliphatic carbocycles. The Hall–Kier alpha value is -0.0431. The molecule has 2 fully saturated rings. The zero-order valence-electron chi connectivity index (χ0n) is 11.3. The smallest absolute Gasteiger partial charge is 0.0225 e. The van der Waals surface area contributed by atoms with Gasteiger partial charge in [-0.2, -0.15) is 0 Å². The Labute approximate surface area is 111 Å². The molecular formula is C16H27Si. The van der Waals surface area contributed by atoms with Gasteiger partial charge in [0.2, 0.25) is 0 Å². The summed E-state index contributed by atoms with van der Waals surface area (Å²) in [6.07, 6.45) is 16.6. The third-order valence-electron chi connectivity index (χ3n) is 4.90. The lowest BCUT2D eigenvalue weighted by molar-refractivity contribution is 0.318. The van der Waals surface area contributed by atoms with Crippen LogP contribution in [0.5, 0.6) is 0 Å². The van der Waals surface area contributed by atoms with Crippen molar-refractivity contribution in [3.63, 3.8) is 0 Å². The summed E-state index contributed by atoms with van der Waals surface area (Å²) in [5.74, 6) is 3.73. The summed E-state index contributed by atoms with van der Waals surface area (Å²) in [4.78, 5) is 0. The molecule has 2 saturated carbocycles. The first-order valence-corrected chi connectivity index (χ1v) is 8.31. The molecule has 0 aromatic carbocycles. The van der Waals surface area contributed by atoms with Crippen LogP contribution in [-0.4, -0.2) is 10.2 Å². The zero-order valence-corrected chi connectivity index (χ0v) is 12.3. The molecule has 0 aliphatic heterocycles. The van der Waals surface area contributed by atoms with Gasteiger partial charge >= 0.3 is 0 Å². The Morgan fingerprint density at radius 2 is 1.29 bits per heavy atom. The van der Waals surface area contributed by atoms with E-state index < -0.39 is 0 Å². The molecule has 0 unspecified atom stereocenters. The van der Waals surface area contributed by atoms with Gasteiger partial charge < -0.3 is 0 Å². The molecule has 0 spiro atoms. The van der Waals surface area contributed by atoms with Crippen LogP contribution in [-0.2, 0) is 0 Å². The second-order valence-electron chi connectivity index (χ2n) is 6.39. The van der Waals surface area contributed by atoms with Gasteiger partial charge in [-0.1, -0.05) is 50.8 Å². The van der Waals surface area contributed by atoms with Crippen LogP contribution in [0.25, 0.3) is 0 Å². The van der Waals surface area contributed by atoms with Gasteiger partial charge in [-0.25, -0.2) is 0 Å². The minimum atomic E-state index is 0.892. The molecule has 17 heavy (non-hydrogen) atoms. The van der Waals surface area contributed by atoms with Gasteiger partial charge in [0, 0.05) is 10.2 Å². The van der Waals surface area contributed by atoms with Crippen molar-refractivity contribution >= 4 is 10.2 Å². The maximum absolute atomic E-state index is 3.67. The molecule has 0 aromatic rings. The number of rotatable bonds is 3. The first-order chi connectivity index (χ1) is 8.28. The third kappa shape index (κ3) is 4.28. The van der Waals surface area contributed by atoms with E-state index in [4.69, 9.17) is 0 Å². The Bertz CT molecular complexity index is 230. The van der Waals surface area contributed by atoms with Crippen molar-refractivity contribution in [3.8, 4) is 0 Å². The van der Waals surface area contributed by atoms with Crippen LogP contribution in [0.15, 0.2) is 12.2 Å². The highest BCUT2D eigenvalue weighted by Gasteiger charge is 2.19. The van der Waals surface area contributed by atoms with Crippen molar-refractivity contribution in [3.05, 3.63) is 12.2 Å². The first kappa shape index (κ1) is 13.4. The summed E-state index contributed by atoms with van der Waals surface area (Å²) in [6.45, 7) is 2.40. The van der Waals surface area contributed by atoms with E-state index in [1.165, 1.54) is 57.4 Å². The van der Waals surface area contributed by atoms with Crippen LogP contribution in [0.4, 0.5) is 0 Å². The van der Waals surface area contributed by atoms with Crippen LogP contribution in [0.1, 0.15) is 58.3 Å². The van der Waals surface area contributed by atoms with E-state index in [1.807, 2.05) is 0 Å². The van der Waals surface area contributed by atoms with Crippen LogP contribution in [0, 0.1) is 23.7 Å². The van der Waals surface area contributed by atoms with E-state index in [0.717, 1.165) is 23.7 Å². The van der Waals surface area contributed by atoms with Crippen molar-refractivity contribution in [2.45, 2.75) is 64.3 Å². The molecule has 0 N–H and O–H groups in total. The van der Waals surface area contributed by atoms with Crippen molar-refractivity contribution in [1.82, 2.24) is 0 Å². The fraction of sp³-hybridized carbons (Fsp3) is 0.875. The molecule has 95 valence electrons. The summed E-state index contributed by atoms with van der Waals surface area (Å²) in [5, 5.41) is 0. The molecule has 0 atom stereocenters. The number of allylic oxidation sites excluding steroid dienone is 2. The first-order valence-electron chi connectivity index (χ1n) is 7.61. The van der Waals surface area contributed by atoms with Gasteiger partial charge in [-0.05, 0) is 49.4 Å². The highest BCUT2D eigenvalue weighted by Crippen LogP contribution is 2.33. The largest absolute Gasteiger partial charge is 0.0851 e. The van der Waals surface area contributed by atoms with Crippen LogP contribution in [0.2, 0.25) is 6.04 Å². The van der Waals surface area contributed by atoms with Gasteiger partial charge in [-0.15, -0.1) is 0 Å². The van der Waals surface area contributed by atoms with Gasteiger partial charge in [0.15, 0.2) is 0 Å². The predicted octanol–water partition coefficient (Wildman–Crippen LogP) is 4.76. The molecule has 0 aromatic heterocycles. The van der Waals surface area contributed by atoms with E-state index >= 15 is 0 Å². The van der Waals surface area contributed by atoms with E-state index in [2.05, 4.69) is 29.3 Å². The normalized spacial score (nSPS) is 39.6. The zero-order chi connectivity index (χ0) is 12.1. The molecule has 3 radical (unpaired) electrons. The standard InChI is InChI=1S/C16H27Si/c1-13-2-4-14(5-3-13)6-7-15-8-10-16(12-17)11-9-15/h6-7,13-16H,2-5,8-12H2,1H3/b7-6+. The summed E-state index contributed by atoms with van der Waals surface area (Å²) in [7, 11) is 3.67. The van der Waals surface area contributed by atoms with Crippen molar-refractivity contribution in [1.29, 1.82) is 0 Å². The lowest BCUT2D eigenvalue weighted by Crippen LogP contribution is -2.14. The average molecular weight is 247 g/mol. The van der Waals surface area contributed by atoms with Crippen LogP contribution < -0.4 is 0 Å². The Morgan fingerprint density at radius 1 is 0.824 bits per heavy atom. The lowest BCUT2D eigenvalue weighted by atomic mass is 9.80. The predicted molar refractivity (Wildman–Crippen MR) is 76.3 cm³/mol. The van der Waals surface area contributed by atoms with Crippen LogP contribution in [0.3, 0.4) is 0 Å². The maximum atomic E-state index is 3.67. The maximum Gasteiger partial charge on any atom is 0.0225 e. The highest BCUT2D eigenvalue weighted by molar-refractivity contribution is 6.08. The van der Waals surface area contributed by atoms with Gasteiger partial charge in [0.05, 0.1) is 0 Å². The molecule has 0 amide bonds. The average Bonchev–Trinajstić information content (AvgIpc) is 2.39. The van der Waals surface area contributed by atoms with E-state index in [0.29, 0.717) is 0 Å². The van der Waals surface area contributed by atoms with Crippen molar-refractivity contribution in [2.24, 2.45) is 23.7 Å². The minimum Gasteiger partial charge on any atom is -0.0851 e. The van der Waals surface area contributed by atoms with Gasteiger partial charge in [0.25, 0.3) is 0 Å². The minimum absolute atomic E-state index is 0.892. The molecular weight excluding hydrogens is 220 g/mol. The second kappa shape index (κ2) is 6.77. The summed E-state index contributed by atoms with van der Waals surface area (Å²) >= 11 is 0. The van der Waals surface area contributed by atoms with Crippen molar-refractivity contribution < 1.29 is 0 Å². The molecule has 0 bridgehead atoms. The second-order valence-corrected chi connectivity index (χ2v) is 6.80. The molecule has 1 heteroatoms. The van der Waals surface area contributed by atoms with Gasteiger partial charge in [0.1, 0.15) is 0 Å². The Balaban J connectivity index is 1.70. The molecule has 0 nitrogen and oxygen atoms in total. The summed E-state index contributed by atoms with van der Waals surface area (Å²) < 4.78 is 0. The quantitative estimate of drug-likeness (QED) is 0.498. The monoisotopic (exact) mass is 247 g/mol. The fourth-order valence-electron chi connectivity index (χ4n) is 3.38. The summed E-state index contributed by atoms with van der Waals surface area (Å²) in [6, 6.07) is 1.21. The summed E-state index contributed by atoms with van der Waals surface area (Å²) in [5.41, 5.74) is 0. The topological polar surface area (TPSA) is 0 Å². The van der Waals surface area contributed by atoms with E-state index in [9.17, 15) is 0 Å². The van der Waals surface area contributed by atoms with E-state index in [-0.39, 0.29) is 0 Å². The SMILES string of the molecule is CC1CCC(/C=C/C2CCC(C[Si])CC2)CC1. The van der Waals surface area contributed by atoms with Crippen molar-refractivity contribution in [2.75, 3.05) is 0 Å². The lowest BCUT2D eigenvalue weighted by Gasteiger charge is -2.27. The third-order valence-corrected chi connectivity index (χ3v) is 5.47. The van der Waals surface area contributed by atoms with Crippen LogP contribution >= 0.6 is 0 Å². The Kier molecular flexibility index (Phi) is 5.34. The molecule has 0 saturated heterocycles. The number of hydrogen-bond acceptors (Lipinski definition) is 0. The molecule has 0 heterocycles. The molecule has 2 aliphatic rings. The molecule has 2 rings (SSSR count).